The van der Waals surface area contributed by atoms with Crippen LogP contribution in [0.1, 0.15) is 38.0 Å². The van der Waals surface area contributed by atoms with Crippen LogP contribution >= 0.6 is 0 Å². The number of rotatable bonds is 8. The van der Waals surface area contributed by atoms with Crippen molar-refractivity contribution >= 4 is 18.2 Å². The van der Waals surface area contributed by atoms with Gasteiger partial charge in [-0.1, -0.05) is 45.0 Å². The number of sulfone groups is 1. The van der Waals surface area contributed by atoms with E-state index in [2.05, 4.69) is 38.8 Å². The maximum absolute atomic E-state index is 12.9. The van der Waals surface area contributed by atoms with Crippen molar-refractivity contribution in [3.63, 3.8) is 0 Å². The summed E-state index contributed by atoms with van der Waals surface area (Å²) in [5.41, 5.74) is 1.73. The summed E-state index contributed by atoms with van der Waals surface area (Å²) in [7, 11) is -5.64. The van der Waals surface area contributed by atoms with Crippen LogP contribution in [-0.2, 0) is 21.1 Å². The molecule has 182 valence electrons. The lowest BCUT2D eigenvalue weighted by Gasteiger charge is -2.36. The molecule has 0 spiro atoms. The molecule has 33 heavy (non-hydrogen) atoms. The molecule has 2 aromatic carbocycles. The summed E-state index contributed by atoms with van der Waals surface area (Å²) in [6.07, 6.45) is -1.09. The average Bonchev–Trinajstić information content (AvgIpc) is 2.74. The third-order valence-electron chi connectivity index (χ3n) is 6.61. The molecule has 0 saturated carbocycles. The van der Waals surface area contributed by atoms with Crippen molar-refractivity contribution in [3.05, 3.63) is 59.7 Å². The fraction of sp³-hybridized carbons (Fsp3) is 0.520. The smallest absolute Gasteiger partial charge is 0.250 e. The van der Waals surface area contributed by atoms with Crippen LogP contribution in [0.4, 0.5) is 0 Å². The molecule has 1 unspecified atom stereocenters. The number of hydrogen-bond donors (Lipinski definition) is 1. The average molecular weight is 492 g/mol. The van der Waals surface area contributed by atoms with E-state index < -0.39 is 24.3 Å². The lowest BCUT2D eigenvalue weighted by molar-refractivity contribution is 0.0342. The lowest BCUT2D eigenvalue weighted by atomic mass is 10.1. The van der Waals surface area contributed by atoms with Crippen LogP contribution in [0.15, 0.2) is 53.4 Å². The van der Waals surface area contributed by atoms with Gasteiger partial charge in [-0.25, -0.2) is 8.42 Å². The van der Waals surface area contributed by atoms with Crippen LogP contribution in [-0.4, -0.2) is 58.8 Å². The predicted molar refractivity (Wildman–Crippen MR) is 134 cm³/mol. The molecule has 1 aliphatic heterocycles. The van der Waals surface area contributed by atoms with Gasteiger partial charge in [0.2, 0.25) is 8.32 Å². The van der Waals surface area contributed by atoms with E-state index in [1.54, 1.807) is 24.3 Å². The number of nitrogens with zero attached hydrogens (tertiary/aromatic N) is 1. The van der Waals surface area contributed by atoms with Crippen molar-refractivity contribution in [2.45, 2.75) is 56.4 Å². The monoisotopic (exact) mass is 491 g/mol. The van der Waals surface area contributed by atoms with Gasteiger partial charge in [0.1, 0.15) is 5.75 Å². The van der Waals surface area contributed by atoms with E-state index in [4.69, 9.17) is 9.16 Å². The number of aliphatic hydroxyl groups excluding tert-OH is 1. The first-order valence-electron chi connectivity index (χ1n) is 11.5. The first-order valence-corrected chi connectivity index (χ1v) is 16.0. The van der Waals surface area contributed by atoms with Gasteiger partial charge in [-0.15, -0.1) is 0 Å². The van der Waals surface area contributed by atoms with E-state index in [9.17, 15) is 13.5 Å². The van der Waals surface area contributed by atoms with Crippen LogP contribution in [0, 0.1) is 0 Å². The van der Waals surface area contributed by atoms with Crippen molar-refractivity contribution in [1.29, 1.82) is 0 Å². The summed E-state index contributed by atoms with van der Waals surface area (Å²) in [4.78, 5) is 2.51. The summed E-state index contributed by atoms with van der Waals surface area (Å²) in [5.74, 6) is 0.315. The zero-order chi connectivity index (χ0) is 24.3. The molecule has 1 atom stereocenters. The normalized spacial score (nSPS) is 17.0. The molecule has 1 saturated heterocycles. The molecule has 2 aromatic rings. The van der Waals surface area contributed by atoms with Gasteiger partial charge in [0.25, 0.3) is 0 Å². The first kappa shape index (κ1) is 25.9. The highest BCUT2D eigenvalue weighted by molar-refractivity contribution is 7.91. The topological polar surface area (TPSA) is 76.1 Å². The molecule has 0 amide bonds. The van der Waals surface area contributed by atoms with Crippen molar-refractivity contribution in [2.24, 2.45) is 0 Å². The second kappa shape index (κ2) is 10.3. The van der Waals surface area contributed by atoms with Crippen molar-refractivity contribution in [3.8, 4) is 5.75 Å². The maximum atomic E-state index is 12.9. The van der Waals surface area contributed by atoms with Crippen LogP contribution in [0.5, 0.6) is 5.75 Å². The van der Waals surface area contributed by atoms with E-state index in [1.165, 1.54) is 0 Å². The Balaban J connectivity index is 1.62. The lowest BCUT2D eigenvalue weighted by Crippen LogP contribution is -2.43. The Morgan fingerprint density at radius 2 is 1.61 bits per heavy atom. The predicted octanol–water partition coefficient (Wildman–Crippen LogP) is 4.41. The van der Waals surface area contributed by atoms with E-state index >= 15 is 0 Å². The molecule has 0 aromatic heterocycles. The molecule has 3 rings (SSSR count). The third-order valence-corrected chi connectivity index (χ3v) is 12.7. The summed E-state index contributed by atoms with van der Waals surface area (Å²) < 4.78 is 37.4. The number of hydrogen-bond acceptors (Lipinski definition) is 6. The SMILES string of the molecule is CC(C)(C)[Si](C)(C)Oc1ccc(S(=O)(=O)CC(O)c2ccc(CN3CCOCC3)cc2)cc1. The summed E-state index contributed by atoms with van der Waals surface area (Å²) >= 11 is 0. The van der Waals surface area contributed by atoms with E-state index in [0.717, 1.165) is 38.4 Å². The van der Waals surface area contributed by atoms with Gasteiger partial charge in [-0.05, 0) is 53.5 Å². The molecular formula is C25H37NO5SSi. The second-order valence-electron chi connectivity index (χ2n) is 10.3. The molecule has 0 bridgehead atoms. The van der Waals surface area contributed by atoms with Gasteiger partial charge >= 0.3 is 0 Å². The maximum Gasteiger partial charge on any atom is 0.250 e. The Morgan fingerprint density at radius 1 is 1.03 bits per heavy atom. The summed E-state index contributed by atoms with van der Waals surface area (Å²) in [6, 6.07) is 14.1. The second-order valence-corrected chi connectivity index (χ2v) is 17.0. The number of benzene rings is 2. The van der Waals surface area contributed by atoms with Gasteiger partial charge in [0, 0.05) is 19.6 Å². The van der Waals surface area contributed by atoms with E-state index in [1.807, 2.05) is 24.3 Å². The largest absolute Gasteiger partial charge is 0.544 e. The van der Waals surface area contributed by atoms with Crippen LogP contribution in [0.25, 0.3) is 0 Å². The van der Waals surface area contributed by atoms with Crippen LogP contribution in [0.2, 0.25) is 18.1 Å². The molecule has 0 radical (unpaired) electrons. The molecular weight excluding hydrogens is 454 g/mol. The van der Waals surface area contributed by atoms with Crippen LogP contribution in [0.3, 0.4) is 0 Å². The fourth-order valence-corrected chi connectivity index (χ4v) is 5.81. The number of ether oxygens (including phenoxy) is 1. The molecule has 1 fully saturated rings. The molecule has 6 nitrogen and oxygen atoms in total. The Hall–Kier alpha value is -1.71. The summed E-state index contributed by atoms with van der Waals surface area (Å²) in [6.45, 7) is 14.9. The van der Waals surface area contributed by atoms with Gasteiger partial charge < -0.3 is 14.3 Å². The third kappa shape index (κ3) is 6.89. The minimum atomic E-state index is -3.65. The zero-order valence-electron chi connectivity index (χ0n) is 20.4. The Labute approximate surface area is 199 Å². The highest BCUT2D eigenvalue weighted by Gasteiger charge is 2.39. The van der Waals surface area contributed by atoms with Crippen molar-refractivity contribution in [2.75, 3.05) is 32.1 Å². The number of aliphatic hydroxyl groups is 1. The van der Waals surface area contributed by atoms with Gasteiger partial charge in [0.05, 0.1) is 30.0 Å². The minimum absolute atomic E-state index is 0.0552. The zero-order valence-corrected chi connectivity index (χ0v) is 22.2. The van der Waals surface area contributed by atoms with E-state index in [-0.39, 0.29) is 15.7 Å². The molecule has 1 aliphatic rings. The van der Waals surface area contributed by atoms with Gasteiger partial charge in [-0.2, -0.15) is 0 Å². The highest BCUT2D eigenvalue weighted by Crippen LogP contribution is 2.37. The van der Waals surface area contributed by atoms with Crippen molar-refractivity contribution in [1.82, 2.24) is 4.90 Å². The van der Waals surface area contributed by atoms with Gasteiger partial charge in [-0.3, -0.25) is 4.90 Å². The van der Waals surface area contributed by atoms with E-state index in [0.29, 0.717) is 11.3 Å². The Kier molecular flexibility index (Phi) is 8.06. The highest BCUT2D eigenvalue weighted by atomic mass is 32.2. The Morgan fingerprint density at radius 3 is 2.15 bits per heavy atom. The quantitative estimate of drug-likeness (QED) is 0.551. The molecule has 1 heterocycles. The Bertz CT molecular complexity index is 1010. The molecule has 0 aliphatic carbocycles. The number of morpholine rings is 1. The molecule has 8 heteroatoms. The van der Waals surface area contributed by atoms with Crippen LogP contribution < -0.4 is 4.43 Å². The fourth-order valence-electron chi connectivity index (χ4n) is 3.43. The molecule has 1 N–H and O–H groups in total. The first-order chi connectivity index (χ1) is 15.4. The standard InChI is InChI=1S/C25H37NO5SSi/c1-25(2,3)33(4,5)31-22-10-12-23(13-11-22)32(28,29)19-24(27)21-8-6-20(7-9-21)18-26-14-16-30-17-15-26/h6-13,24,27H,14-19H2,1-5H3. The summed E-state index contributed by atoms with van der Waals surface area (Å²) in [5, 5.41) is 10.7. The van der Waals surface area contributed by atoms with Gasteiger partial charge in [0.15, 0.2) is 9.84 Å². The minimum Gasteiger partial charge on any atom is -0.544 e. The van der Waals surface area contributed by atoms with Crippen molar-refractivity contribution < 1.29 is 22.7 Å².